The van der Waals surface area contributed by atoms with Crippen LogP contribution in [0.5, 0.6) is 0 Å². The first-order valence-electron chi connectivity index (χ1n) is 9.76. The number of carbonyl (C=O) groups is 1. The van der Waals surface area contributed by atoms with Gasteiger partial charge in [-0.1, -0.05) is 18.6 Å². The first-order valence-corrected chi connectivity index (χ1v) is 9.76. The number of carbonyl (C=O) groups excluding carboxylic acids is 1. The Bertz CT molecular complexity index is 997. The van der Waals surface area contributed by atoms with Crippen molar-refractivity contribution in [1.29, 1.82) is 0 Å². The van der Waals surface area contributed by atoms with Crippen molar-refractivity contribution in [3.05, 3.63) is 47.8 Å². The quantitative estimate of drug-likeness (QED) is 0.700. The van der Waals surface area contributed by atoms with Gasteiger partial charge in [0.1, 0.15) is 11.5 Å². The fourth-order valence-electron chi connectivity index (χ4n) is 4.24. The molecule has 7 heteroatoms. The summed E-state index contributed by atoms with van der Waals surface area (Å²) in [6, 6.07) is 7.60. The monoisotopic (exact) mass is 362 g/mol. The minimum Gasteiger partial charge on any atom is -0.327 e. The molecule has 1 fully saturated rings. The number of fused-ring (bicyclic) bond motifs is 2. The van der Waals surface area contributed by atoms with Crippen LogP contribution in [0.3, 0.4) is 0 Å². The van der Waals surface area contributed by atoms with Gasteiger partial charge in [0, 0.05) is 19.5 Å². The highest BCUT2D eigenvalue weighted by atomic mass is 16.2. The number of para-hydroxylation sites is 2. The lowest BCUT2D eigenvalue weighted by Gasteiger charge is -2.24. The number of amides is 1. The lowest BCUT2D eigenvalue weighted by Crippen LogP contribution is -2.33. The number of aromatic nitrogens is 5. The molecule has 0 aliphatic carbocycles. The Labute approximate surface area is 157 Å². The van der Waals surface area contributed by atoms with Gasteiger partial charge in [0.25, 0.3) is 5.91 Å². The molecular weight excluding hydrogens is 340 g/mol. The van der Waals surface area contributed by atoms with Crippen LogP contribution in [0.1, 0.15) is 60.3 Å². The van der Waals surface area contributed by atoms with E-state index in [2.05, 4.69) is 24.7 Å². The van der Waals surface area contributed by atoms with Crippen LogP contribution in [0.2, 0.25) is 0 Å². The number of hydrogen-bond donors (Lipinski definition) is 0. The van der Waals surface area contributed by atoms with Gasteiger partial charge in [-0.25, -0.2) is 4.98 Å². The topological polar surface area (TPSA) is 76.8 Å². The van der Waals surface area contributed by atoms with Crippen LogP contribution in [0.15, 0.2) is 30.5 Å². The summed E-state index contributed by atoms with van der Waals surface area (Å²) >= 11 is 0. The lowest BCUT2D eigenvalue weighted by atomic mass is 10.2. The van der Waals surface area contributed by atoms with E-state index in [0.29, 0.717) is 5.69 Å². The fraction of sp³-hybridized carbons (Fsp3) is 0.450. The average molecular weight is 362 g/mol. The van der Waals surface area contributed by atoms with Gasteiger partial charge >= 0.3 is 0 Å². The van der Waals surface area contributed by atoms with E-state index in [0.717, 1.165) is 67.9 Å². The molecule has 1 atom stereocenters. The van der Waals surface area contributed by atoms with Crippen LogP contribution in [-0.4, -0.2) is 42.1 Å². The Kier molecular flexibility index (Phi) is 4.07. The van der Waals surface area contributed by atoms with E-state index in [1.165, 1.54) is 6.42 Å². The molecule has 0 N–H and O–H groups in total. The number of rotatable bonds is 2. The van der Waals surface area contributed by atoms with Crippen molar-refractivity contribution in [3.8, 4) is 0 Å². The number of hydrogen-bond acceptors (Lipinski definition) is 5. The van der Waals surface area contributed by atoms with Crippen molar-refractivity contribution >= 4 is 16.9 Å². The highest BCUT2D eigenvalue weighted by Crippen LogP contribution is 2.33. The van der Waals surface area contributed by atoms with Crippen LogP contribution in [0.4, 0.5) is 0 Å². The molecule has 2 aliphatic rings. The largest absolute Gasteiger partial charge is 0.327 e. The first kappa shape index (κ1) is 16.4. The smallest absolute Gasteiger partial charge is 0.274 e. The second-order valence-electron chi connectivity index (χ2n) is 7.34. The van der Waals surface area contributed by atoms with Crippen LogP contribution in [0.25, 0.3) is 11.0 Å². The minimum atomic E-state index is -0.0678. The summed E-state index contributed by atoms with van der Waals surface area (Å²) in [4.78, 5) is 24.0. The van der Waals surface area contributed by atoms with Gasteiger partial charge in [-0.2, -0.15) is 0 Å². The minimum absolute atomic E-state index is 0.0230. The highest BCUT2D eigenvalue weighted by molar-refractivity contribution is 5.94. The van der Waals surface area contributed by atoms with Gasteiger partial charge in [-0.15, -0.1) is 10.2 Å². The van der Waals surface area contributed by atoms with Gasteiger partial charge in [-0.05, 0) is 37.8 Å². The van der Waals surface area contributed by atoms with E-state index in [1.807, 2.05) is 29.2 Å². The maximum atomic E-state index is 13.2. The second kappa shape index (κ2) is 6.72. The van der Waals surface area contributed by atoms with Crippen molar-refractivity contribution in [2.45, 2.75) is 51.1 Å². The zero-order valence-electron chi connectivity index (χ0n) is 15.2. The normalized spacial score (nSPS) is 19.9. The molecule has 2 aliphatic heterocycles. The molecule has 3 aromatic rings. The predicted octanol–water partition coefficient (Wildman–Crippen LogP) is 2.93. The summed E-state index contributed by atoms with van der Waals surface area (Å²) in [5.41, 5.74) is 1.95. The zero-order chi connectivity index (χ0) is 18.2. The van der Waals surface area contributed by atoms with Crippen molar-refractivity contribution in [2.24, 2.45) is 0 Å². The molecule has 1 amide bonds. The summed E-state index contributed by atoms with van der Waals surface area (Å²) in [7, 11) is 0. The molecule has 5 rings (SSSR count). The van der Waals surface area contributed by atoms with Gasteiger partial charge in [0.15, 0.2) is 5.82 Å². The Hall–Kier alpha value is -2.83. The van der Waals surface area contributed by atoms with Crippen molar-refractivity contribution in [3.63, 3.8) is 0 Å². The molecule has 1 saturated heterocycles. The van der Waals surface area contributed by atoms with Crippen LogP contribution in [0, 0.1) is 0 Å². The summed E-state index contributed by atoms with van der Waals surface area (Å²) in [5, 5.41) is 8.90. The summed E-state index contributed by atoms with van der Waals surface area (Å²) in [6.45, 7) is 1.67. The Morgan fingerprint density at radius 2 is 1.89 bits per heavy atom. The molecule has 4 heterocycles. The van der Waals surface area contributed by atoms with Crippen LogP contribution >= 0.6 is 0 Å². The average Bonchev–Trinajstić information content (AvgIpc) is 3.27. The van der Waals surface area contributed by atoms with Gasteiger partial charge in [0.2, 0.25) is 0 Å². The molecule has 1 aromatic carbocycles. The van der Waals surface area contributed by atoms with Crippen LogP contribution in [-0.2, 0) is 13.0 Å². The first-order chi connectivity index (χ1) is 13.3. The molecule has 0 spiro atoms. The highest BCUT2D eigenvalue weighted by Gasteiger charge is 2.35. The van der Waals surface area contributed by atoms with E-state index >= 15 is 0 Å². The fourth-order valence-corrected chi connectivity index (χ4v) is 4.24. The predicted molar refractivity (Wildman–Crippen MR) is 100 cm³/mol. The summed E-state index contributed by atoms with van der Waals surface area (Å²) in [5.74, 6) is 1.93. The van der Waals surface area contributed by atoms with Gasteiger partial charge < -0.3 is 9.47 Å². The SMILES string of the molecule is O=C(c1cnc2ccccc2n1)N1CCCC1c1nnc2n1CCCCC2. The number of likely N-dealkylation sites (tertiary alicyclic amines) is 1. The molecule has 1 unspecified atom stereocenters. The van der Waals surface area contributed by atoms with Crippen molar-refractivity contribution in [1.82, 2.24) is 29.6 Å². The molecule has 0 radical (unpaired) electrons. The second-order valence-corrected chi connectivity index (χ2v) is 7.34. The molecule has 27 heavy (non-hydrogen) atoms. The van der Waals surface area contributed by atoms with E-state index in [9.17, 15) is 4.79 Å². The Morgan fingerprint density at radius 1 is 1.00 bits per heavy atom. The van der Waals surface area contributed by atoms with E-state index in [-0.39, 0.29) is 11.9 Å². The zero-order valence-corrected chi connectivity index (χ0v) is 15.2. The molecule has 2 aromatic heterocycles. The third kappa shape index (κ3) is 2.87. The maximum Gasteiger partial charge on any atom is 0.274 e. The molecule has 0 saturated carbocycles. The van der Waals surface area contributed by atoms with E-state index < -0.39 is 0 Å². The standard InChI is InChI=1S/C20H22N6O/c27-20(16-13-21-14-7-3-4-8-15(14)22-16)25-12-6-9-17(25)19-24-23-18-10-2-1-5-11-26(18)19/h3-4,7-8,13,17H,1-2,5-6,9-12H2. The van der Waals surface area contributed by atoms with Gasteiger partial charge in [0.05, 0.1) is 23.3 Å². The molecule has 138 valence electrons. The van der Waals surface area contributed by atoms with Crippen molar-refractivity contribution < 1.29 is 4.79 Å². The summed E-state index contributed by atoms with van der Waals surface area (Å²) < 4.78 is 2.25. The number of nitrogens with zero attached hydrogens (tertiary/aromatic N) is 6. The summed E-state index contributed by atoms with van der Waals surface area (Å²) in [6.07, 6.45) is 7.99. The third-order valence-corrected chi connectivity index (χ3v) is 5.62. The Balaban J connectivity index is 1.47. The van der Waals surface area contributed by atoms with Crippen LogP contribution < -0.4 is 0 Å². The maximum absolute atomic E-state index is 13.2. The lowest BCUT2D eigenvalue weighted by molar-refractivity contribution is 0.0721. The third-order valence-electron chi connectivity index (χ3n) is 5.62. The molecule has 7 nitrogen and oxygen atoms in total. The molecule has 0 bridgehead atoms. The number of aryl methyl sites for hydroxylation is 1. The van der Waals surface area contributed by atoms with E-state index in [4.69, 9.17) is 0 Å². The Morgan fingerprint density at radius 3 is 2.81 bits per heavy atom. The number of benzene rings is 1. The van der Waals surface area contributed by atoms with E-state index in [1.54, 1.807) is 6.20 Å². The molecular formula is C20H22N6O. The van der Waals surface area contributed by atoms with Gasteiger partial charge in [-0.3, -0.25) is 9.78 Å². The van der Waals surface area contributed by atoms with Crippen molar-refractivity contribution in [2.75, 3.05) is 6.54 Å².